The van der Waals surface area contributed by atoms with Crippen molar-refractivity contribution in [2.24, 2.45) is 5.73 Å². The van der Waals surface area contributed by atoms with E-state index in [9.17, 15) is 4.79 Å². The van der Waals surface area contributed by atoms with Gasteiger partial charge in [0.05, 0.1) is 6.54 Å². The fourth-order valence-corrected chi connectivity index (χ4v) is 1.62. The Balaban J connectivity index is 2.73. The molecule has 19 heavy (non-hydrogen) atoms. The molecule has 0 aliphatic heterocycles. The van der Waals surface area contributed by atoms with Gasteiger partial charge in [0, 0.05) is 25.7 Å². The fourth-order valence-electron chi connectivity index (χ4n) is 1.62. The standard InChI is InChI=1S/C15H21N3O/c1-3-11-17-15(19)18(2)12-14-8-5-4-7-13(14)9-6-10-16/h4-5,7-8H,3,10-12,16H2,1-2H3,(H,17,19). The predicted octanol–water partition coefficient (Wildman–Crippen LogP) is 1.55. The molecule has 2 amide bonds. The van der Waals surface area contributed by atoms with Gasteiger partial charge in [0.2, 0.25) is 0 Å². The lowest BCUT2D eigenvalue weighted by atomic mass is 10.1. The van der Waals surface area contributed by atoms with Crippen molar-refractivity contribution in [1.29, 1.82) is 0 Å². The minimum atomic E-state index is -0.0663. The minimum Gasteiger partial charge on any atom is -0.338 e. The monoisotopic (exact) mass is 259 g/mol. The zero-order valence-corrected chi connectivity index (χ0v) is 11.6. The van der Waals surface area contributed by atoms with Crippen LogP contribution in [0.3, 0.4) is 0 Å². The number of urea groups is 1. The largest absolute Gasteiger partial charge is 0.338 e. The lowest BCUT2D eigenvalue weighted by molar-refractivity contribution is 0.207. The van der Waals surface area contributed by atoms with E-state index in [1.54, 1.807) is 11.9 Å². The molecule has 1 aromatic carbocycles. The Labute approximate surface area is 115 Å². The van der Waals surface area contributed by atoms with Crippen LogP contribution < -0.4 is 11.1 Å². The van der Waals surface area contributed by atoms with E-state index in [4.69, 9.17) is 5.73 Å². The summed E-state index contributed by atoms with van der Waals surface area (Å²) in [4.78, 5) is 13.4. The predicted molar refractivity (Wildman–Crippen MR) is 77.5 cm³/mol. The summed E-state index contributed by atoms with van der Waals surface area (Å²) in [5, 5.41) is 2.85. The number of carbonyl (C=O) groups is 1. The van der Waals surface area contributed by atoms with Crippen molar-refractivity contribution >= 4 is 6.03 Å². The molecule has 0 aliphatic carbocycles. The molecule has 3 N–H and O–H groups in total. The highest BCUT2D eigenvalue weighted by molar-refractivity contribution is 5.73. The minimum absolute atomic E-state index is 0.0663. The number of hydrogen-bond acceptors (Lipinski definition) is 2. The van der Waals surface area contributed by atoms with Gasteiger partial charge in [-0.3, -0.25) is 0 Å². The summed E-state index contributed by atoms with van der Waals surface area (Å²) in [6.07, 6.45) is 0.929. The highest BCUT2D eigenvalue weighted by atomic mass is 16.2. The SMILES string of the molecule is CCCNC(=O)N(C)Cc1ccccc1C#CCN. The van der Waals surface area contributed by atoms with Crippen molar-refractivity contribution in [3.63, 3.8) is 0 Å². The van der Waals surface area contributed by atoms with Gasteiger partial charge in [-0.15, -0.1) is 0 Å². The molecule has 0 saturated heterocycles. The highest BCUT2D eigenvalue weighted by Crippen LogP contribution is 2.09. The van der Waals surface area contributed by atoms with E-state index in [1.807, 2.05) is 31.2 Å². The summed E-state index contributed by atoms with van der Waals surface area (Å²) in [6.45, 7) is 3.59. The molecule has 1 rings (SSSR count). The molecule has 0 heterocycles. The second-order valence-corrected chi connectivity index (χ2v) is 4.25. The summed E-state index contributed by atoms with van der Waals surface area (Å²) in [5.74, 6) is 5.87. The Morgan fingerprint density at radius 2 is 2.16 bits per heavy atom. The normalized spacial score (nSPS) is 9.42. The number of nitrogens with one attached hydrogen (secondary N) is 1. The van der Waals surface area contributed by atoms with Gasteiger partial charge in [-0.05, 0) is 18.1 Å². The van der Waals surface area contributed by atoms with Crippen molar-refractivity contribution in [3.05, 3.63) is 35.4 Å². The van der Waals surface area contributed by atoms with Crippen molar-refractivity contribution in [3.8, 4) is 11.8 Å². The van der Waals surface area contributed by atoms with Crippen molar-refractivity contribution in [1.82, 2.24) is 10.2 Å². The Kier molecular flexibility index (Phi) is 6.48. The number of rotatable bonds is 4. The van der Waals surface area contributed by atoms with Gasteiger partial charge in [0.1, 0.15) is 0 Å². The number of carbonyl (C=O) groups excluding carboxylic acids is 1. The molecule has 1 aromatic rings. The van der Waals surface area contributed by atoms with Crippen LogP contribution in [0.2, 0.25) is 0 Å². The Bertz CT molecular complexity index is 474. The first-order chi connectivity index (χ1) is 9.19. The maximum absolute atomic E-state index is 11.8. The van der Waals surface area contributed by atoms with Crippen LogP contribution in [0.1, 0.15) is 24.5 Å². The second-order valence-electron chi connectivity index (χ2n) is 4.25. The smallest absolute Gasteiger partial charge is 0.317 e. The molecule has 0 saturated carbocycles. The molecule has 0 bridgehead atoms. The van der Waals surface area contributed by atoms with E-state index in [1.165, 1.54) is 0 Å². The molecule has 0 spiro atoms. The Morgan fingerprint density at radius 3 is 2.84 bits per heavy atom. The van der Waals surface area contributed by atoms with Crippen LogP contribution in [0.25, 0.3) is 0 Å². The molecule has 4 heteroatoms. The van der Waals surface area contributed by atoms with E-state index < -0.39 is 0 Å². The van der Waals surface area contributed by atoms with Gasteiger partial charge in [-0.2, -0.15) is 0 Å². The first-order valence-electron chi connectivity index (χ1n) is 6.44. The third-order valence-electron chi connectivity index (χ3n) is 2.62. The van der Waals surface area contributed by atoms with E-state index >= 15 is 0 Å². The van der Waals surface area contributed by atoms with Crippen molar-refractivity contribution in [2.75, 3.05) is 20.1 Å². The fraction of sp³-hybridized carbons (Fsp3) is 0.400. The molecule has 4 nitrogen and oxygen atoms in total. The van der Waals surface area contributed by atoms with Gasteiger partial charge in [-0.25, -0.2) is 4.79 Å². The zero-order valence-electron chi connectivity index (χ0n) is 11.6. The first-order valence-corrected chi connectivity index (χ1v) is 6.44. The van der Waals surface area contributed by atoms with Crippen LogP contribution in [0.5, 0.6) is 0 Å². The topological polar surface area (TPSA) is 58.4 Å². The molecule has 0 fully saturated rings. The number of hydrogen-bond donors (Lipinski definition) is 2. The number of nitrogens with zero attached hydrogens (tertiary/aromatic N) is 1. The quantitative estimate of drug-likeness (QED) is 0.806. The molecule has 0 unspecified atom stereocenters. The van der Waals surface area contributed by atoms with Gasteiger partial charge in [-0.1, -0.05) is 37.0 Å². The summed E-state index contributed by atoms with van der Waals surface area (Å²) < 4.78 is 0. The first kappa shape index (κ1) is 15.1. The average molecular weight is 259 g/mol. The highest BCUT2D eigenvalue weighted by Gasteiger charge is 2.09. The van der Waals surface area contributed by atoms with Gasteiger partial charge < -0.3 is 16.0 Å². The summed E-state index contributed by atoms with van der Waals surface area (Å²) in [5.41, 5.74) is 7.33. The van der Waals surface area contributed by atoms with E-state index in [-0.39, 0.29) is 6.03 Å². The summed E-state index contributed by atoms with van der Waals surface area (Å²) in [7, 11) is 1.78. The van der Waals surface area contributed by atoms with Gasteiger partial charge in [0.15, 0.2) is 0 Å². The second kappa shape index (κ2) is 8.17. The Morgan fingerprint density at radius 1 is 1.42 bits per heavy atom. The summed E-state index contributed by atoms with van der Waals surface area (Å²) >= 11 is 0. The maximum atomic E-state index is 11.8. The lowest BCUT2D eigenvalue weighted by Crippen LogP contribution is -2.37. The number of amides is 2. The molecular formula is C15H21N3O. The molecule has 0 atom stereocenters. The number of nitrogens with two attached hydrogens (primary N) is 1. The zero-order chi connectivity index (χ0) is 14.1. The van der Waals surface area contributed by atoms with Crippen LogP contribution in [-0.4, -0.2) is 31.1 Å². The molecule has 102 valence electrons. The van der Waals surface area contributed by atoms with E-state index in [0.29, 0.717) is 19.6 Å². The molecular weight excluding hydrogens is 238 g/mol. The average Bonchev–Trinajstić information content (AvgIpc) is 2.43. The van der Waals surface area contributed by atoms with Crippen LogP contribution in [0, 0.1) is 11.8 Å². The molecule has 0 radical (unpaired) electrons. The third-order valence-corrected chi connectivity index (χ3v) is 2.62. The lowest BCUT2D eigenvalue weighted by Gasteiger charge is -2.18. The van der Waals surface area contributed by atoms with Gasteiger partial charge in [0.25, 0.3) is 0 Å². The van der Waals surface area contributed by atoms with E-state index in [0.717, 1.165) is 17.5 Å². The van der Waals surface area contributed by atoms with Crippen LogP contribution >= 0.6 is 0 Å². The van der Waals surface area contributed by atoms with Crippen LogP contribution in [0.4, 0.5) is 4.79 Å². The third kappa shape index (κ3) is 5.02. The summed E-state index contributed by atoms with van der Waals surface area (Å²) in [6, 6.07) is 7.73. The molecule has 0 aliphatic rings. The van der Waals surface area contributed by atoms with E-state index in [2.05, 4.69) is 17.2 Å². The van der Waals surface area contributed by atoms with Crippen molar-refractivity contribution in [2.45, 2.75) is 19.9 Å². The van der Waals surface area contributed by atoms with Gasteiger partial charge >= 0.3 is 6.03 Å². The van der Waals surface area contributed by atoms with Crippen LogP contribution in [-0.2, 0) is 6.54 Å². The number of benzene rings is 1. The van der Waals surface area contributed by atoms with Crippen molar-refractivity contribution < 1.29 is 4.79 Å². The maximum Gasteiger partial charge on any atom is 0.317 e. The molecule has 0 aromatic heterocycles. The van der Waals surface area contributed by atoms with Crippen LogP contribution in [0.15, 0.2) is 24.3 Å². The Hall–Kier alpha value is -1.99.